The molecule has 130 valence electrons. The smallest absolute Gasteiger partial charge is 0.279 e. The van der Waals surface area contributed by atoms with Gasteiger partial charge in [-0.25, -0.2) is 0 Å². The maximum absolute atomic E-state index is 12.5. The van der Waals surface area contributed by atoms with Crippen LogP contribution >= 0.6 is 34.7 Å². The SMILES string of the molecule is COc1ccc(C(=O)N=c2sc3cc(Cl)ccc3n2CCSC)cc1. The van der Waals surface area contributed by atoms with Crippen LogP contribution in [-0.4, -0.2) is 29.6 Å². The molecule has 0 saturated heterocycles. The molecule has 0 saturated carbocycles. The largest absolute Gasteiger partial charge is 0.497 e. The zero-order valence-electron chi connectivity index (χ0n) is 13.9. The zero-order chi connectivity index (χ0) is 17.8. The molecule has 0 atom stereocenters. The number of halogens is 1. The van der Waals surface area contributed by atoms with E-state index < -0.39 is 0 Å². The molecule has 3 rings (SSSR count). The number of rotatable bonds is 5. The standard InChI is InChI=1S/C18H17ClN2O2S2/c1-23-14-6-3-12(4-7-14)17(22)20-18-21(9-10-24-2)15-8-5-13(19)11-16(15)25-18/h3-8,11H,9-10H2,1-2H3. The average molecular weight is 393 g/mol. The zero-order valence-corrected chi connectivity index (χ0v) is 16.2. The number of thiazole rings is 1. The molecular weight excluding hydrogens is 376 g/mol. The molecule has 25 heavy (non-hydrogen) atoms. The van der Waals surface area contributed by atoms with Gasteiger partial charge in [0.2, 0.25) is 0 Å². The lowest BCUT2D eigenvalue weighted by Crippen LogP contribution is -2.18. The molecule has 1 heterocycles. The van der Waals surface area contributed by atoms with Crippen molar-refractivity contribution in [2.24, 2.45) is 4.99 Å². The van der Waals surface area contributed by atoms with E-state index in [2.05, 4.69) is 15.8 Å². The predicted molar refractivity (Wildman–Crippen MR) is 106 cm³/mol. The van der Waals surface area contributed by atoms with Crippen molar-refractivity contribution in [3.63, 3.8) is 0 Å². The molecule has 0 N–H and O–H groups in total. The molecule has 4 nitrogen and oxygen atoms in total. The molecule has 1 amide bonds. The maximum atomic E-state index is 12.5. The average Bonchev–Trinajstić information content (AvgIpc) is 2.95. The minimum absolute atomic E-state index is 0.266. The highest BCUT2D eigenvalue weighted by atomic mass is 35.5. The van der Waals surface area contributed by atoms with Gasteiger partial charge in [-0.3, -0.25) is 4.79 Å². The van der Waals surface area contributed by atoms with Crippen LogP contribution in [0.1, 0.15) is 10.4 Å². The van der Waals surface area contributed by atoms with Crippen molar-refractivity contribution in [2.75, 3.05) is 19.1 Å². The summed E-state index contributed by atoms with van der Waals surface area (Å²) in [6.07, 6.45) is 2.06. The fraction of sp³-hybridized carbons (Fsp3) is 0.222. The minimum Gasteiger partial charge on any atom is -0.497 e. The van der Waals surface area contributed by atoms with Crippen LogP contribution in [0.5, 0.6) is 5.75 Å². The summed E-state index contributed by atoms with van der Waals surface area (Å²) in [5.41, 5.74) is 1.58. The summed E-state index contributed by atoms with van der Waals surface area (Å²) in [6.45, 7) is 0.789. The van der Waals surface area contributed by atoms with E-state index in [4.69, 9.17) is 16.3 Å². The van der Waals surface area contributed by atoms with Crippen LogP contribution in [0.3, 0.4) is 0 Å². The van der Waals surface area contributed by atoms with Gasteiger partial charge >= 0.3 is 0 Å². The summed E-state index contributed by atoms with van der Waals surface area (Å²) >= 11 is 9.33. The first-order chi connectivity index (χ1) is 12.1. The first kappa shape index (κ1) is 18.0. The van der Waals surface area contributed by atoms with E-state index in [0.717, 1.165) is 22.5 Å². The summed E-state index contributed by atoms with van der Waals surface area (Å²) in [7, 11) is 1.60. The summed E-state index contributed by atoms with van der Waals surface area (Å²) < 4.78 is 8.22. The number of carbonyl (C=O) groups is 1. The molecule has 0 spiro atoms. The molecule has 3 aromatic rings. The van der Waals surface area contributed by atoms with Crippen LogP contribution in [0.2, 0.25) is 5.02 Å². The van der Waals surface area contributed by atoms with Gasteiger partial charge in [0.1, 0.15) is 5.75 Å². The highest BCUT2D eigenvalue weighted by Gasteiger charge is 2.10. The molecule has 0 fully saturated rings. The van der Waals surface area contributed by atoms with Crippen LogP contribution < -0.4 is 9.54 Å². The van der Waals surface area contributed by atoms with Gasteiger partial charge in [-0.15, -0.1) is 0 Å². The number of nitrogens with zero attached hydrogens (tertiary/aromatic N) is 2. The summed E-state index contributed by atoms with van der Waals surface area (Å²) in [4.78, 5) is 17.6. The monoisotopic (exact) mass is 392 g/mol. The Bertz CT molecular complexity index is 961. The van der Waals surface area contributed by atoms with Crippen LogP contribution in [0.15, 0.2) is 47.5 Å². The van der Waals surface area contributed by atoms with E-state index in [1.807, 2.05) is 18.2 Å². The Labute approximate surface area is 159 Å². The van der Waals surface area contributed by atoms with Crippen LogP contribution in [-0.2, 0) is 6.54 Å². The number of benzene rings is 2. The fourth-order valence-corrected chi connectivity index (χ4v) is 4.11. The summed E-state index contributed by atoms with van der Waals surface area (Å²) in [5.74, 6) is 1.39. The third-order valence-electron chi connectivity index (χ3n) is 3.70. The molecule has 7 heteroatoms. The van der Waals surface area contributed by atoms with Crippen molar-refractivity contribution in [3.05, 3.63) is 57.9 Å². The van der Waals surface area contributed by atoms with Crippen LogP contribution in [0.25, 0.3) is 10.2 Å². The molecule has 0 radical (unpaired) electrons. The molecular formula is C18H17ClN2O2S2. The number of aryl methyl sites for hydroxylation is 1. The van der Waals surface area contributed by atoms with Crippen molar-refractivity contribution >= 4 is 50.8 Å². The second kappa shape index (κ2) is 8.08. The van der Waals surface area contributed by atoms with Gasteiger partial charge in [0, 0.05) is 22.9 Å². The number of fused-ring (bicyclic) bond motifs is 1. The van der Waals surface area contributed by atoms with Crippen molar-refractivity contribution < 1.29 is 9.53 Å². The minimum atomic E-state index is -0.266. The lowest BCUT2D eigenvalue weighted by atomic mass is 10.2. The molecule has 0 bridgehead atoms. The third-order valence-corrected chi connectivity index (χ3v) is 5.57. The Kier molecular flexibility index (Phi) is 5.83. The van der Waals surface area contributed by atoms with Gasteiger partial charge < -0.3 is 9.30 Å². The van der Waals surface area contributed by atoms with E-state index in [0.29, 0.717) is 21.1 Å². The van der Waals surface area contributed by atoms with Crippen LogP contribution in [0.4, 0.5) is 0 Å². The van der Waals surface area contributed by atoms with E-state index in [-0.39, 0.29) is 5.91 Å². The van der Waals surface area contributed by atoms with Crippen LogP contribution in [0, 0.1) is 0 Å². The number of hydrogen-bond donors (Lipinski definition) is 0. The van der Waals surface area contributed by atoms with E-state index >= 15 is 0 Å². The number of carbonyl (C=O) groups excluding carboxylic acids is 1. The highest BCUT2D eigenvalue weighted by molar-refractivity contribution is 7.98. The van der Waals surface area contributed by atoms with Gasteiger partial charge in [-0.1, -0.05) is 22.9 Å². The fourth-order valence-electron chi connectivity index (χ4n) is 2.42. The molecule has 0 unspecified atom stereocenters. The van der Waals surface area contributed by atoms with Gasteiger partial charge in [0.05, 0.1) is 17.3 Å². The quantitative estimate of drug-likeness (QED) is 0.643. The topological polar surface area (TPSA) is 43.6 Å². The van der Waals surface area contributed by atoms with Gasteiger partial charge in [-0.2, -0.15) is 16.8 Å². The third kappa shape index (κ3) is 4.08. The summed E-state index contributed by atoms with van der Waals surface area (Å²) in [6, 6.07) is 12.7. The molecule has 0 aliphatic carbocycles. The Morgan fingerprint density at radius 2 is 2.04 bits per heavy atom. The lowest BCUT2D eigenvalue weighted by Gasteiger charge is -2.04. The van der Waals surface area contributed by atoms with Crippen molar-refractivity contribution in [2.45, 2.75) is 6.54 Å². The van der Waals surface area contributed by atoms with Crippen molar-refractivity contribution in [1.29, 1.82) is 0 Å². The van der Waals surface area contributed by atoms with Crippen molar-refractivity contribution in [1.82, 2.24) is 4.57 Å². The summed E-state index contributed by atoms with van der Waals surface area (Å²) in [5, 5.41) is 0.679. The number of aromatic nitrogens is 1. The van der Waals surface area contributed by atoms with Gasteiger partial charge in [-0.05, 0) is 48.7 Å². The Morgan fingerprint density at radius 3 is 2.72 bits per heavy atom. The van der Waals surface area contributed by atoms with Crippen molar-refractivity contribution in [3.8, 4) is 5.75 Å². The number of hydrogen-bond acceptors (Lipinski definition) is 4. The number of amides is 1. The van der Waals surface area contributed by atoms with Gasteiger partial charge in [0.25, 0.3) is 5.91 Å². The number of methoxy groups -OCH3 is 1. The maximum Gasteiger partial charge on any atom is 0.279 e. The molecule has 1 aromatic heterocycles. The second-order valence-electron chi connectivity index (χ2n) is 5.29. The number of thioether (sulfide) groups is 1. The highest BCUT2D eigenvalue weighted by Crippen LogP contribution is 2.22. The Balaban J connectivity index is 2.05. The second-order valence-corrected chi connectivity index (χ2v) is 7.72. The normalized spacial score (nSPS) is 11.9. The molecule has 0 aliphatic heterocycles. The van der Waals surface area contributed by atoms with E-state index in [1.165, 1.54) is 11.3 Å². The predicted octanol–water partition coefficient (Wildman–Crippen LogP) is 4.47. The first-order valence-corrected chi connectivity index (χ1v) is 10.2. The lowest BCUT2D eigenvalue weighted by molar-refractivity contribution is 0.0998. The first-order valence-electron chi connectivity index (χ1n) is 7.63. The van der Waals surface area contributed by atoms with Gasteiger partial charge in [0.15, 0.2) is 4.80 Å². The Hall–Kier alpha value is -1.76. The Morgan fingerprint density at radius 1 is 1.28 bits per heavy atom. The van der Waals surface area contributed by atoms with E-state index in [1.54, 1.807) is 43.1 Å². The number of ether oxygens (including phenoxy) is 1. The molecule has 0 aliphatic rings. The van der Waals surface area contributed by atoms with E-state index in [9.17, 15) is 4.79 Å². The molecule has 2 aromatic carbocycles.